The highest BCUT2D eigenvalue weighted by molar-refractivity contribution is 5.75. The maximum atomic E-state index is 11.8. The van der Waals surface area contributed by atoms with Crippen molar-refractivity contribution < 1.29 is 9.53 Å². The lowest BCUT2D eigenvalue weighted by atomic mass is 10.3. The molecule has 0 radical (unpaired) electrons. The van der Waals surface area contributed by atoms with Gasteiger partial charge in [-0.05, 0) is 19.1 Å². The lowest BCUT2D eigenvalue weighted by Crippen LogP contribution is -2.34. The zero-order valence-corrected chi connectivity index (χ0v) is 10.8. The van der Waals surface area contributed by atoms with Crippen LogP contribution in [0.3, 0.4) is 0 Å². The van der Waals surface area contributed by atoms with Crippen molar-refractivity contribution in [2.75, 3.05) is 7.11 Å². The Labute approximate surface area is 110 Å². The second-order valence-corrected chi connectivity index (χ2v) is 4.14. The van der Waals surface area contributed by atoms with E-state index in [0.717, 1.165) is 0 Å². The first-order valence-electron chi connectivity index (χ1n) is 5.90. The van der Waals surface area contributed by atoms with Crippen LogP contribution in [0.25, 0.3) is 5.65 Å². The van der Waals surface area contributed by atoms with Gasteiger partial charge in [-0.1, -0.05) is 6.07 Å². The third kappa shape index (κ3) is 2.97. The molecule has 0 saturated carbocycles. The molecule has 2 aromatic rings. The predicted molar refractivity (Wildman–Crippen MR) is 69.8 cm³/mol. The molecule has 0 bridgehead atoms. The van der Waals surface area contributed by atoms with Crippen LogP contribution in [0.15, 0.2) is 35.3 Å². The van der Waals surface area contributed by atoms with Gasteiger partial charge in [0.15, 0.2) is 0 Å². The van der Waals surface area contributed by atoms with Crippen LogP contribution in [0.4, 0.5) is 0 Å². The standard InChI is InChI=1S/C13H15N3O3/c1-9(13(18)19-2)14-8-10-7-12(17)16-6-4-3-5-11(16)15-10/h3-7,9,14H,8H2,1-2H3. The van der Waals surface area contributed by atoms with Gasteiger partial charge in [-0.25, -0.2) is 4.98 Å². The third-order valence-electron chi connectivity index (χ3n) is 2.77. The van der Waals surface area contributed by atoms with Gasteiger partial charge in [0.25, 0.3) is 5.56 Å². The van der Waals surface area contributed by atoms with Gasteiger partial charge < -0.3 is 4.74 Å². The van der Waals surface area contributed by atoms with Crippen LogP contribution in [0, 0.1) is 0 Å². The predicted octanol–water partition coefficient (Wildman–Crippen LogP) is 0.346. The molecule has 0 spiro atoms. The molecule has 0 aliphatic rings. The van der Waals surface area contributed by atoms with Crippen molar-refractivity contribution in [3.63, 3.8) is 0 Å². The number of carbonyl (C=O) groups excluding carboxylic acids is 1. The SMILES string of the molecule is COC(=O)C(C)NCc1cc(=O)n2ccccc2n1. The highest BCUT2D eigenvalue weighted by Gasteiger charge is 2.12. The summed E-state index contributed by atoms with van der Waals surface area (Å²) in [5.74, 6) is -0.350. The van der Waals surface area contributed by atoms with Gasteiger partial charge in [-0.15, -0.1) is 0 Å². The van der Waals surface area contributed by atoms with Crippen molar-refractivity contribution >= 4 is 11.6 Å². The summed E-state index contributed by atoms with van der Waals surface area (Å²) < 4.78 is 6.07. The number of rotatable bonds is 4. The molecule has 100 valence electrons. The Morgan fingerprint density at radius 3 is 3.05 bits per heavy atom. The number of ether oxygens (including phenoxy) is 1. The van der Waals surface area contributed by atoms with E-state index in [2.05, 4.69) is 15.0 Å². The lowest BCUT2D eigenvalue weighted by Gasteiger charge is -2.11. The topological polar surface area (TPSA) is 72.7 Å². The number of hydrogen-bond acceptors (Lipinski definition) is 5. The summed E-state index contributed by atoms with van der Waals surface area (Å²) in [4.78, 5) is 27.4. The first-order chi connectivity index (χ1) is 9.11. The fraction of sp³-hybridized carbons (Fsp3) is 0.308. The smallest absolute Gasteiger partial charge is 0.322 e. The van der Waals surface area contributed by atoms with Gasteiger partial charge in [-0.3, -0.25) is 19.3 Å². The number of nitrogens with one attached hydrogen (secondary N) is 1. The largest absolute Gasteiger partial charge is 0.468 e. The summed E-state index contributed by atoms with van der Waals surface area (Å²) in [5.41, 5.74) is 1.03. The molecule has 2 rings (SSSR count). The third-order valence-corrected chi connectivity index (χ3v) is 2.77. The molecule has 1 atom stereocenters. The van der Waals surface area contributed by atoms with Gasteiger partial charge in [0.05, 0.1) is 12.8 Å². The quantitative estimate of drug-likeness (QED) is 0.804. The van der Waals surface area contributed by atoms with Gasteiger partial charge in [-0.2, -0.15) is 0 Å². The Morgan fingerprint density at radius 1 is 1.53 bits per heavy atom. The van der Waals surface area contributed by atoms with E-state index in [1.807, 2.05) is 6.07 Å². The maximum Gasteiger partial charge on any atom is 0.322 e. The Bertz CT molecular complexity index is 651. The molecule has 2 aromatic heterocycles. The Morgan fingerprint density at radius 2 is 2.32 bits per heavy atom. The summed E-state index contributed by atoms with van der Waals surface area (Å²) in [6.07, 6.45) is 1.67. The molecule has 1 unspecified atom stereocenters. The zero-order chi connectivity index (χ0) is 13.8. The van der Waals surface area contributed by atoms with E-state index < -0.39 is 6.04 Å². The fourth-order valence-corrected chi connectivity index (χ4v) is 1.71. The summed E-state index contributed by atoms with van der Waals surface area (Å²) in [5, 5.41) is 2.96. The average molecular weight is 261 g/mol. The van der Waals surface area contributed by atoms with Crippen molar-refractivity contribution in [1.29, 1.82) is 0 Å². The van der Waals surface area contributed by atoms with Gasteiger partial charge >= 0.3 is 5.97 Å². The van der Waals surface area contributed by atoms with Crippen LogP contribution in [-0.2, 0) is 16.1 Å². The Hall–Kier alpha value is -2.21. The minimum Gasteiger partial charge on any atom is -0.468 e. The average Bonchev–Trinajstić information content (AvgIpc) is 2.44. The molecule has 0 amide bonds. The molecule has 6 nitrogen and oxygen atoms in total. The van der Waals surface area contributed by atoms with Gasteiger partial charge in [0, 0.05) is 18.8 Å². The number of aromatic nitrogens is 2. The molecule has 2 heterocycles. The van der Waals surface area contributed by atoms with Crippen LogP contribution in [-0.4, -0.2) is 28.5 Å². The molecule has 0 saturated heterocycles. The zero-order valence-electron chi connectivity index (χ0n) is 10.8. The molecule has 1 N–H and O–H groups in total. The van der Waals surface area contributed by atoms with Crippen LogP contribution in [0.5, 0.6) is 0 Å². The molecular weight excluding hydrogens is 246 g/mol. The number of hydrogen-bond donors (Lipinski definition) is 1. The number of esters is 1. The maximum absolute atomic E-state index is 11.8. The van der Waals surface area contributed by atoms with Crippen molar-refractivity contribution in [3.05, 3.63) is 46.5 Å². The van der Waals surface area contributed by atoms with E-state index in [-0.39, 0.29) is 11.5 Å². The first-order valence-corrected chi connectivity index (χ1v) is 5.90. The van der Waals surface area contributed by atoms with E-state index >= 15 is 0 Å². The van der Waals surface area contributed by atoms with E-state index in [1.54, 1.807) is 25.3 Å². The van der Waals surface area contributed by atoms with Crippen molar-refractivity contribution in [1.82, 2.24) is 14.7 Å². The van der Waals surface area contributed by atoms with Crippen LogP contribution < -0.4 is 10.9 Å². The molecule has 0 aromatic carbocycles. The fourth-order valence-electron chi connectivity index (χ4n) is 1.71. The van der Waals surface area contributed by atoms with Crippen molar-refractivity contribution in [3.8, 4) is 0 Å². The number of carbonyl (C=O) groups is 1. The minimum absolute atomic E-state index is 0.145. The van der Waals surface area contributed by atoms with Gasteiger partial charge in [0.1, 0.15) is 11.7 Å². The molecule has 0 fully saturated rings. The van der Waals surface area contributed by atoms with E-state index in [0.29, 0.717) is 17.9 Å². The summed E-state index contributed by atoms with van der Waals surface area (Å²) >= 11 is 0. The van der Waals surface area contributed by atoms with Crippen molar-refractivity contribution in [2.45, 2.75) is 19.5 Å². The monoisotopic (exact) mass is 261 g/mol. The second-order valence-electron chi connectivity index (χ2n) is 4.14. The number of nitrogens with zero attached hydrogens (tertiary/aromatic N) is 2. The van der Waals surface area contributed by atoms with Crippen molar-refractivity contribution in [2.24, 2.45) is 0 Å². The Kier molecular flexibility index (Phi) is 3.91. The Balaban J connectivity index is 2.18. The van der Waals surface area contributed by atoms with Crippen LogP contribution >= 0.6 is 0 Å². The number of fused-ring (bicyclic) bond motifs is 1. The number of pyridine rings is 1. The van der Waals surface area contributed by atoms with E-state index in [4.69, 9.17) is 0 Å². The van der Waals surface area contributed by atoms with E-state index in [9.17, 15) is 9.59 Å². The molecule has 6 heteroatoms. The lowest BCUT2D eigenvalue weighted by molar-refractivity contribution is -0.142. The highest BCUT2D eigenvalue weighted by atomic mass is 16.5. The second kappa shape index (κ2) is 5.62. The normalized spacial score (nSPS) is 12.3. The summed E-state index contributed by atoms with van der Waals surface area (Å²) in [6, 6.07) is 6.35. The summed E-state index contributed by atoms with van der Waals surface area (Å²) in [6.45, 7) is 2.02. The molecule has 0 aliphatic heterocycles. The molecular formula is C13H15N3O3. The first kappa shape index (κ1) is 13.2. The molecule has 0 aliphatic carbocycles. The molecule has 19 heavy (non-hydrogen) atoms. The number of methoxy groups -OCH3 is 1. The van der Waals surface area contributed by atoms with E-state index in [1.165, 1.54) is 17.6 Å². The highest BCUT2D eigenvalue weighted by Crippen LogP contribution is 1.99. The van der Waals surface area contributed by atoms with Crippen LogP contribution in [0.2, 0.25) is 0 Å². The van der Waals surface area contributed by atoms with Crippen LogP contribution in [0.1, 0.15) is 12.6 Å². The minimum atomic E-state index is -0.443. The van der Waals surface area contributed by atoms with Gasteiger partial charge in [0.2, 0.25) is 0 Å². The summed E-state index contributed by atoms with van der Waals surface area (Å²) in [7, 11) is 1.33.